The van der Waals surface area contributed by atoms with Crippen LogP contribution in [0, 0.1) is 17.2 Å². The average molecular weight is 278 g/mol. The minimum Gasteiger partial charge on any atom is -0.326 e. The van der Waals surface area contributed by atoms with Crippen molar-refractivity contribution in [3.8, 4) is 0 Å². The van der Waals surface area contributed by atoms with Crippen molar-refractivity contribution in [2.75, 3.05) is 13.1 Å². The molecule has 20 heavy (non-hydrogen) atoms. The zero-order chi connectivity index (χ0) is 14.8. The summed E-state index contributed by atoms with van der Waals surface area (Å²) in [6, 6.07) is 5.33. The van der Waals surface area contributed by atoms with Crippen molar-refractivity contribution in [3.05, 3.63) is 35.1 Å². The molecule has 3 heteroatoms. The van der Waals surface area contributed by atoms with Crippen LogP contribution in [-0.4, -0.2) is 18.0 Å². The summed E-state index contributed by atoms with van der Waals surface area (Å²) in [5.41, 5.74) is 7.76. The van der Waals surface area contributed by atoms with Crippen LogP contribution in [0.4, 0.5) is 4.39 Å². The fourth-order valence-electron chi connectivity index (χ4n) is 3.10. The molecule has 0 atom stereocenters. The van der Waals surface area contributed by atoms with Crippen LogP contribution in [0.25, 0.3) is 0 Å². The highest BCUT2D eigenvalue weighted by atomic mass is 19.1. The second kappa shape index (κ2) is 6.23. The molecular weight excluding hydrogens is 251 g/mol. The molecule has 1 aromatic rings. The highest BCUT2D eigenvalue weighted by Gasteiger charge is 2.28. The topological polar surface area (TPSA) is 29.3 Å². The van der Waals surface area contributed by atoms with E-state index in [9.17, 15) is 4.39 Å². The maximum atomic E-state index is 13.4. The first-order valence-corrected chi connectivity index (χ1v) is 7.60. The van der Waals surface area contributed by atoms with E-state index in [-0.39, 0.29) is 12.4 Å². The highest BCUT2D eigenvalue weighted by molar-refractivity contribution is 5.25. The van der Waals surface area contributed by atoms with Gasteiger partial charge >= 0.3 is 0 Å². The van der Waals surface area contributed by atoms with Crippen LogP contribution in [0.1, 0.15) is 44.7 Å². The highest BCUT2D eigenvalue weighted by Crippen LogP contribution is 2.34. The molecule has 1 fully saturated rings. The van der Waals surface area contributed by atoms with Crippen LogP contribution < -0.4 is 5.73 Å². The van der Waals surface area contributed by atoms with Gasteiger partial charge < -0.3 is 5.73 Å². The predicted octanol–water partition coefficient (Wildman–Crippen LogP) is 3.54. The SMILES string of the molecule is CC(C)(C)C1CCN(Cc2ccc(F)c(CN)c2)CC1. The summed E-state index contributed by atoms with van der Waals surface area (Å²) in [5.74, 6) is 0.620. The van der Waals surface area contributed by atoms with Crippen LogP contribution in [0.2, 0.25) is 0 Å². The summed E-state index contributed by atoms with van der Waals surface area (Å²) >= 11 is 0. The van der Waals surface area contributed by atoms with Crippen molar-refractivity contribution in [1.82, 2.24) is 4.90 Å². The molecule has 2 N–H and O–H groups in total. The molecule has 112 valence electrons. The largest absolute Gasteiger partial charge is 0.326 e. The van der Waals surface area contributed by atoms with Crippen molar-refractivity contribution < 1.29 is 4.39 Å². The Labute approximate surface area is 122 Å². The van der Waals surface area contributed by atoms with Crippen LogP contribution >= 0.6 is 0 Å². The lowest BCUT2D eigenvalue weighted by molar-refractivity contribution is 0.108. The molecule has 0 spiro atoms. The van der Waals surface area contributed by atoms with Crippen molar-refractivity contribution in [2.24, 2.45) is 17.1 Å². The van der Waals surface area contributed by atoms with Crippen LogP contribution in [0.3, 0.4) is 0 Å². The second-order valence-electron chi connectivity index (χ2n) is 7.05. The van der Waals surface area contributed by atoms with Gasteiger partial charge in [-0.1, -0.05) is 32.9 Å². The van der Waals surface area contributed by atoms with Crippen molar-refractivity contribution in [3.63, 3.8) is 0 Å². The van der Waals surface area contributed by atoms with E-state index < -0.39 is 0 Å². The Bertz CT molecular complexity index is 443. The normalized spacial score (nSPS) is 18.4. The summed E-state index contributed by atoms with van der Waals surface area (Å²) in [6.45, 7) is 10.5. The number of halogens is 1. The van der Waals surface area contributed by atoms with Crippen LogP contribution in [-0.2, 0) is 13.1 Å². The quantitative estimate of drug-likeness (QED) is 0.916. The van der Waals surface area contributed by atoms with Gasteiger partial charge in [-0.25, -0.2) is 4.39 Å². The number of piperidine rings is 1. The number of hydrogen-bond acceptors (Lipinski definition) is 2. The van der Waals surface area contributed by atoms with Crippen molar-refractivity contribution in [1.29, 1.82) is 0 Å². The Morgan fingerprint density at radius 3 is 2.45 bits per heavy atom. The third-order valence-corrected chi connectivity index (χ3v) is 4.55. The van der Waals surface area contributed by atoms with Gasteiger partial charge in [0.25, 0.3) is 0 Å². The molecule has 1 saturated heterocycles. The van der Waals surface area contributed by atoms with E-state index in [0.29, 0.717) is 11.0 Å². The van der Waals surface area contributed by atoms with Crippen molar-refractivity contribution in [2.45, 2.75) is 46.7 Å². The van der Waals surface area contributed by atoms with Gasteiger partial charge in [0.1, 0.15) is 5.82 Å². The van der Waals surface area contributed by atoms with Gasteiger partial charge in [0.2, 0.25) is 0 Å². The van der Waals surface area contributed by atoms with E-state index >= 15 is 0 Å². The maximum absolute atomic E-state index is 13.4. The lowest BCUT2D eigenvalue weighted by Crippen LogP contribution is -2.37. The number of nitrogens with two attached hydrogens (primary N) is 1. The summed E-state index contributed by atoms with van der Waals surface area (Å²) in [5, 5.41) is 0. The lowest BCUT2D eigenvalue weighted by Gasteiger charge is -2.38. The molecule has 1 aromatic carbocycles. The van der Waals surface area contributed by atoms with Gasteiger partial charge in [-0.15, -0.1) is 0 Å². The van der Waals surface area contributed by atoms with E-state index in [4.69, 9.17) is 5.73 Å². The number of rotatable bonds is 3. The second-order valence-corrected chi connectivity index (χ2v) is 7.05. The zero-order valence-electron chi connectivity index (χ0n) is 13.0. The van der Waals surface area contributed by atoms with E-state index in [1.165, 1.54) is 18.4 Å². The standard InChI is InChI=1S/C17H27FN2/c1-17(2,3)15-6-8-20(9-7-15)12-13-4-5-16(18)14(10-13)11-19/h4-5,10,15H,6-9,11-12,19H2,1-3H3. The van der Waals surface area contributed by atoms with Crippen molar-refractivity contribution >= 4 is 0 Å². The molecule has 2 nitrogen and oxygen atoms in total. The minimum atomic E-state index is -0.192. The molecule has 0 aromatic heterocycles. The molecule has 0 saturated carbocycles. The van der Waals surface area contributed by atoms with Gasteiger partial charge in [0.15, 0.2) is 0 Å². The number of likely N-dealkylation sites (tertiary alicyclic amines) is 1. The van der Waals surface area contributed by atoms with Gasteiger partial charge in [-0.05, 0) is 48.9 Å². The Kier molecular flexibility index (Phi) is 4.82. The number of nitrogens with zero attached hydrogens (tertiary/aromatic N) is 1. The summed E-state index contributed by atoms with van der Waals surface area (Å²) < 4.78 is 13.4. The van der Waals surface area contributed by atoms with Gasteiger partial charge in [-0.3, -0.25) is 4.90 Å². The first-order chi connectivity index (χ1) is 9.40. The average Bonchev–Trinajstić information content (AvgIpc) is 2.40. The predicted molar refractivity (Wildman–Crippen MR) is 81.7 cm³/mol. The first kappa shape index (κ1) is 15.5. The first-order valence-electron chi connectivity index (χ1n) is 7.60. The monoisotopic (exact) mass is 278 g/mol. The zero-order valence-corrected chi connectivity index (χ0v) is 13.0. The van der Waals surface area contributed by atoms with Crippen LogP contribution in [0.15, 0.2) is 18.2 Å². The molecule has 0 aliphatic carbocycles. The number of benzene rings is 1. The molecule has 0 radical (unpaired) electrons. The maximum Gasteiger partial charge on any atom is 0.127 e. The van der Waals surface area contributed by atoms with Gasteiger partial charge in [0, 0.05) is 18.7 Å². The van der Waals surface area contributed by atoms with E-state index in [0.717, 1.165) is 25.6 Å². The molecule has 1 aliphatic rings. The Morgan fingerprint density at radius 1 is 1.25 bits per heavy atom. The molecule has 1 heterocycles. The van der Waals surface area contributed by atoms with Gasteiger partial charge in [0.05, 0.1) is 0 Å². The molecule has 0 bridgehead atoms. The van der Waals surface area contributed by atoms with E-state index in [2.05, 4.69) is 25.7 Å². The Morgan fingerprint density at radius 2 is 1.90 bits per heavy atom. The minimum absolute atomic E-state index is 0.192. The lowest BCUT2D eigenvalue weighted by atomic mass is 9.75. The van der Waals surface area contributed by atoms with Gasteiger partial charge in [-0.2, -0.15) is 0 Å². The summed E-state index contributed by atoms with van der Waals surface area (Å²) in [6.07, 6.45) is 2.52. The molecule has 0 amide bonds. The molecule has 1 aliphatic heterocycles. The molecule has 2 rings (SSSR count). The third-order valence-electron chi connectivity index (χ3n) is 4.55. The third kappa shape index (κ3) is 3.80. The van der Waals surface area contributed by atoms with E-state index in [1.807, 2.05) is 12.1 Å². The summed E-state index contributed by atoms with van der Waals surface area (Å²) in [4.78, 5) is 2.47. The fraction of sp³-hybridized carbons (Fsp3) is 0.647. The Hall–Kier alpha value is -0.930. The molecular formula is C17H27FN2. The number of hydrogen-bond donors (Lipinski definition) is 1. The Balaban J connectivity index is 1.93. The summed E-state index contributed by atoms with van der Waals surface area (Å²) in [7, 11) is 0. The van der Waals surface area contributed by atoms with E-state index in [1.54, 1.807) is 6.07 Å². The van der Waals surface area contributed by atoms with Crippen LogP contribution in [0.5, 0.6) is 0 Å². The smallest absolute Gasteiger partial charge is 0.127 e. The fourth-order valence-corrected chi connectivity index (χ4v) is 3.10. The molecule has 0 unspecified atom stereocenters.